The van der Waals surface area contributed by atoms with Gasteiger partial charge in [0.25, 0.3) is 5.91 Å². The number of para-hydroxylation sites is 1. The Bertz CT molecular complexity index is 1170. The number of benzene rings is 2. The average molecular weight is 434 g/mol. The van der Waals surface area contributed by atoms with E-state index in [2.05, 4.69) is 15.6 Å². The predicted octanol–water partition coefficient (Wildman–Crippen LogP) is 2.76. The SMILES string of the molecule is COc1ccc([C@H](CNC(=O)CN2C(=O)NC(C)(C)C2=O)c2c[nH]c3ccccc23)cc1. The molecule has 4 amide bonds. The standard InChI is InChI=1S/C24H26N4O4/c1-24(2)22(30)28(23(31)27-24)14-21(29)26-12-18(15-8-10-16(32-3)11-9-15)19-13-25-20-7-5-4-6-17(19)20/h4-11,13,18,25H,12,14H2,1-3H3,(H,26,29)(H,27,31)/t18-/m0/s1. The van der Waals surface area contributed by atoms with E-state index >= 15 is 0 Å². The Balaban J connectivity index is 1.55. The quantitative estimate of drug-likeness (QED) is 0.498. The number of nitrogens with one attached hydrogen (secondary N) is 3. The van der Waals surface area contributed by atoms with Crippen molar-refractivity contribution in [2.45, 2.75) is 25.3 Å². The number of carbonyl (C=O) groups is 3. The molecular weight excluding hydrogens is 408 g/mol. The van der Waals surface area contributed by atoms with Gasteiger partial charge < -0.3 is 20.4 Å². The fourth-order valence-corrected chi connectivity index (χ4v) is 4.00. The molecule has 2 aromatic carbocycles. The van der Waals surface area contributed by atoms with E-state index in [1.54, 1.807) is 21.0 Å². The van der Waals surface area contributed by atoms with Gasteiger partial charge in [-0.1, -0.05) is 30.3 Å². The van der Waals surface area contributed by atoms with Crippen LogP contribution in [-0.4, -0.2) is 53.5 Å². The molecule has 8 nitrogen and oxygen atoms in total. The van der Waals surface area contributed by atoms with Gasteiger partial charge in [0.05, 0.1) is 7.11 Å². The Morgan fingerprint density at radius 1 is 1.12 bits per heavy atom. The van der Waals surface area contributed by atoms with Crippen LogP contribution in [0.2, 0.25) is 0 Å². The van der Waals surface area contributed by atoms with Crippen molar-refractivity contribution >= 4 is 28.7 Å². The summed E-state index contributed by atoms with van der Waals surface area (Å²) >= 11 is 0. The predicted molar refractivity (Wildman–Crippen MR) is 120 cm³/mol. The Hall–Kier alpha value is -3.81. The molecular formula is C24H26N4O4. The molecule has 0 unspecified atom stereocenters. The maximum Gasteiger partial charge on any atom is 0.325 e. The minimum Gasteiger partial charge on any atom is -0.497 e. The van der Waals surface area contributed by atoms with E-state index in [1.165, 1.54) is 0 Å². The summed E-state index contributed by atoms with van der Waals surface area (Å²) in [5.74, 6) is -0.206. The molecule has 8 heteroatoms. The van der Waals surface area contributed by atoms with Gasteiger partial charge in [0, 0.05) is 29.6 Å². The first-order chi connectivity index (χ1) is 15.3. The maximum absolute atomic E-state index is 12.7. The maximum atomic E-state index is 12.7. The summed E-state index contributed by atoms with van der Waals surface area (Å²) in [6.45, 7) is 3.21. The van der Waals surface area contributed by atoms with E-state index in [4.69, 9.17) is 4.74 Å². The number of H-pyrrole nitrogens is 1. The van der Waals surface area contributed by atoms with Gasteiger partial charge in [-0.25, -0.2) is 4.79 Å². The Morgan fingerprint density at radius 3 is 2.50 bits per heavy atom. The molecule has 32 heavy (non-hydrogen) atoms. The van der Waals surface area contributed by atoms with Gasteiger partial charge in [-0.15, -0.1) is 0 Å². The molecule has 0 spiro atoms. The van der Waals surface area contributed by atoms with Crippen molar-refractivity contribution in [3.05, 3.63) is 65.9 Å². The van der Waals surface area contributed by atoms with Crippen LogP contribution in [-0.2, 0) is 9.59 Å². The first-order valence-corrected chi connectivity index (χ1v) is 10.4. The lowest BCUT2D eigenvalue weighted by Crippen LogP contribution is -2.43. The topological polar surface area (TPSA) is 104 Å². The van der Waals surface area contributed by atoms with Crippen molar-refractivity contribution in [3.8, 4) is 5.75 Å². The fourth-order valence-electron chi connectivity index (χ4n) is 4.00. The zero-order chi connectivity index (χ0) is 22.9. The molecule has 1 fully saturated rings. The Labute approximate surface area is 185 Å². The van der Waals surface area contributed by atoms with Crippen molar-refractivity contribution in [2.75, 3.05) is 20.2 Å². The third-order valence-electron chi connectivity index (χ3n) is 5.76. The number of fused-ring (bicyclic) bond motifs is 1. The monoisotopic (exact) mass is 434 g/mol. The smallest absolute Gasteiger partial charge is 0.325 e. The second kappa shape index (κ2) is 8.37. The largest absolute Gasteiger partial charge is 0.497 e. The van der Waals surface area contributed by atoms with Gasteiger partial charge in [0.1, 0.15) is 17.8 Å². The number of carbonyl (C=O) groups excluding carboxylic acids is 3. The minimum absolute atomic E-state index is 0.138. The summed E-state index contributed by atoms with van der Waals surface area (Å²) in [6, 6.07) is 15.1. The van der Waals surface area contributed by atoms with Crippen molar-refractivity contribution in [1.82, 2.24) is 20.5 Å². The number of hydrogen-bond acceptors (Lipinski definition) is 4. The van der Waals surface area contributed by atoms with Crippen molar-refractivity contribution < 1.29 is 19.1 Å². The molecule has 1 saturated heterocycles. The van der Waals surface area contributed by atoms with E-state index in [9.17, 15) is 14.4 Å². The van der Waals surface area contributed by atoms with Crippen LogP contribution in [0.15, 0.2) is 54.7 Å². The lowest BCUT2D eigenvalue weighted by atomic mass is 9.90. The van der Waals surface area contributed by atoms with Crippen LogP contribution >= 0.6 is 0 Å². The summed E-state index contributed by atoms with van der Waals surface area (Å²) in [5.41, 5.74) is 2.05. The fraction of sp³-hybridized carbons (Fsp3) is 0.292. The van der Waals surface area contributed by atoms with Crippen molar-refractivity contribution in [3.63, 3.8) is 0 Å². The molecule has 1 aliphatic heterocycles. The molecule has 0 radical (unpaired) electrons. The minimum atomic E-state index is -1.01. The normalized spacial score (nSPS) is 16.2. The summed E-state index contributed by atoms with van der Waals surface area (Å²) in [4.78, 5) is 41.4. The van der Waals surface area contributed by atoms with Crippen LogP contribution in [0.5, 0.6) is 5.75 Å². The first-order valence-electron chi connectivity index (χ1n) is 10.4. The molecule has 4 rings (SSSR count). The molecule has 3 N–H and O–H groups in total. The van der Waals surface area contributed by atoms with E-state index in [0.29, 0.717) is 6.54 Å². The molecule has 3 aromatic rings. The number of nitrogens with zero attached hydrogens (tertiary/aromatic N) is 1. The van der Waals surface area contributed by atoms with Crippen LogP contribution < -0.4 is 15.4 Å². The van der Waals surface area contributed by atoms with Crippen LogP contribution in [0.4, 0.5) is 4.79 Å². The molecule has 0 saturated carbocycles. The number of urea groups is 1. The number of methoxy groups -OCH3 is 1. The van der Waals surface area contributed by atoms with Crippen LogP contribution in [0.1, 0.15) is 30.9 Å². The molecule has 166 valence electrons. The van der Waals surface area contributed by atoms with Gasteiger partial charge in [-0.3, -0.25) is 14.5 Å². The van der Waals surface area contributed by atoms with Crippen molar-refractivity contribution in [1.29, 1.82) is 0 Å². The summed E-state index contributed by atoms with van der Waals surface area (Å²) < 4.78 is 5.27. The third-order valence-corrected chi connectivity index (χ3v) is 5.76. The molecule has 0 bridgehead atoms. The lowest BCUT2D eigenvalue weighted by molar-refractivity contribution is -0.134. The summed E-state index contributed by atoms with van der Waals surface area (Å²) in [6.07, 6.45) is 1.95. The highest BCUT2D eigenvalue weighted by atomic mass is 16.5. The number of hydrogen-bond donors (Lipinski definition) is 3. The van der Waals surface area contributed by atoms with E-state index in [1.807, 2.05) is 54.7 Å². The number of ether oxygens (including phenoxy) is 1. The number of imide groups is 1. The average Bonchev–Trinajstić information content (AvgIpc) is 3.28. The number of rotatable bonds is 7. The number of amides is 4. The van der Waals surface area contributed by atoms with Crippen LogP contribution in [0.3, 0.4) is 0 Å². The highest BCUT2D eigenvalue weighted by molar-refractivity contribution is 6.08. The molecule has 1 aliphatic rings. The number of aromatic nitrogens is 1. The summed E-state index contributed by atoms with van der Waals surface area (Å²) in [5, 5.41) is 6.55. The summed E-state index contributed by atoms with van der Waals surface area (Å²) in [7, 11) is 1.61. The second-order valence-corrected chi connectivity index (χ2v) is 8.37. The second-order valence-electron chi connectivity index (χ2n) is 8.37. The Kier molecular flexibility index (Phi) is 5.61. The molecule has 1 atom stereocenters. The molecule has 2 heterocycles. The van der Waals surface area contributed by atoms with Gasteiger partial charge in [0.2, 0.25) is 5.91 Å². The van der Waals surface area contributed by atoms with Gasteiger partial charge >= 0.3 is 6.03 Å². The highest BCUT2D eigenvalue weighted by Crippen LogP contribution is 2.31. The zero-order valence-electron chi connectivity index (χ0n) is 18.3. The van der Waals surface area contributed by atoms with Gasteiger partial charge in [-0.05, 0) is 43.2 Å². The van der Waals surface area contributed by atoms with Crippen molar-refractivity contribution in [2.24, 2.45) is 0 Å². The zero-order valence-corrected chi connectivity index (χ0v) is 18.3. The molecule has 0 aliphatic carbocycles. The van der Waals surface area contributed by atoms with Gasteiger partial charge in [0.15, 0.2) is 0 Å². The third kappa shape index (κ3) is 4.03. The number of aromatic amines is 1. The van der Waals surface area contributed by atoms with Crippen LogP contribution in [0.25, 0.3) is 10.9 Å². The Morgan fingerprint density at radius 2 is 1.84 bits per heavy atom. The highest BCUT2D eigenvalue weighted by Gasteiger charge is 2.44. The van der Waals surface area contributed by atoms with Gasteiger partial charge in [-0.2, -0.15) is 0 Å². The van der Waals surface area contributed by atoms with E-state index < -0.39 is 23.4 Å². The van der Waals surface area contributed by atoms with Crippen LogP contribution in [0, 0.1) is 0 Å². The van der Waals surface area contributed by atoms with E-state index in [0.717, 1.165) is 32.7 Å². The lowest BCUT2D eigenvalue weighted by Gasteiger charge is -2.20. The van der Waals surface area contributed by atoms with E-state index in [-0.39, 0.29) is 12.5 Å². The first kappa shape index (κ1) is 21.4. The molecule has 1 aromatic heterocycles.